The van der Waals surface area contributed by atoms with Crippen molar-refractivity contribution in [2.75, 3.05) is 20.0 Å². The van der Waals surface area contributed by atoms with E-state index in [0.717, 1.165) is 16.8 Å². The number of hydrogen-bond acceptors (Lipinski definition) is 6. The minimum Gasteiger partial charge on any atom is -0.497 e. The van der Waals surface area contributed by atoms with Gasteiger partial charge in [-0.15, -0.1) is 10.2 Å². The van der Waals surface area contributed by atoms with Gasteiger partial charge in [-0.05, 0) is 43.3 Å². The number of carbonyl (C=O) groups excluding carboxylic acids is 1. The van der Waals surface area contributed by atoms with Crippen LogP contribution in [0.2, 0.25) is 0 Å². The Kier molecular flexibility index (Phi) is 6.56. The zero-order valence-electron chi connectivity index (χ0n) is 18.1. The molecule has 32 heavy (non-hydrogen) atoms. The normalized spacial score (nSPS) is 10.7. The van der Waals surface area contributed by atoms with Crippen LogP contribution in [-0.4, -0.2) is 40.5 Å². The molecule has 0 fully saturated rings. The van der Waals surface area contributed by atoms with Gasteiger partial charge in [0.2, 0.25) is 0 Å². The van der Waals surface area contributed by atoms with Crippen LogP contribution in [0.3, 0.4) is 0 Å². The van der Waals surface area contributed by atoms with Gasteiger partial charge < -0.3 is 9.47 Å². The van der Waals surface area contributed by atoms with Crippen molar-refractivity contribution in [3.8, 4) is 28.6 Å². The Balaban J connectivity index is 1.70. The monoisotopic (exact) mass is 445 g/mol. The highest BCUT2D eigenvalue weighted by Crippen LogP contribution is 2.33. The first kappa shape index (κ1) is 21.6. The fourth-order valence-corrected chi connectivity index (χ4v) is 4.15. The molecule has 7 heteroatoms. The lowest BCUT2D eigenvalue weighted by Gasteiger charge is -2.12. The number of aromatic nitrogens is 3. The van der Waals surface area contributed by atoms with E-state index in [1.54, 1.807) is 26.4 Å². The van der Waals surface area contributed by atoms with Crippen molar-refractivity contribution in [3.63, 3.8) is 0 Å². The van der Waals surface area contributed by atoms with Crippen molar-refractivity contribution < 1.29 is 14.3 Å². The minimum atomic E-state index is -0.00815. The van der Waals surface area contributed by atoms with Gasteiger partial charge in [-0.1, -0.05) is 53.7 Å². The quantitative estimate of drug-likeness (QED) is 0.273. The molecule has 4 rings (SSSR count). The fourth-order valence-electron chi connectivity index (χ4n) is 3.30. The number of methoxy groups -OCH3 is 2. The summed E-state index contributed by atoms with van der Waals surface area (Å²) in [7, 11) is 3.22. The molecule has 0 unspecified atom stereocenters. The van der Waals surface area contributed by atoms with Gasteiger partial charge in [0.15, 0.2) is 16.8 Å². The van der Waals surface area contributed by atoms with Gasteiger partial charge in [-0.3, -0.25) is 9.36 Å². The molecule has 0 saturated carbocycles. The molecule has 3 aromatic carbocycles. The third-order valence-electron chi connectivity index (χ3n) is 5.00. The first-order valence-corrected chi connectivity index (χ1v) is 11.0. The molecule has 0 aliphatic carbocycles. The highest BCUT2D eigenvalue weighted by Gasteiger charge is 2.20. The van der Waals surface area contributed by atoms with Crippen molar-refractivity contribution in [1.82, 2.24) is 14.8 Å². The summed E-state index contributed by atoms with van der Waals surface area (Å²) in [6.45, 7) is 2.04. The van der Waals surface area contributed by atoms with E-state index in [0.29, 0.717) is 28.0 Å². The molecule has 0 bridgehead atoms. The second-order valence-electron chi connectivity index (χ2n) is 7.12. The highest BCUT2D eigenvalue weighted by atomic mass is 32.2. The minimum absolute atomic E-state index is 0.00815. The van der Waals surface area contributed by atoms with Crippen molar-refractivity contribution in [2.45, 2.75) is 12.1 Å². The second kappa shape index (κ2) is 9.70. The van der Waals surface area contributed by atoms with Gasteiger partial charge in [0.1, 0.15) is 11.5 Å². The number of para-hydroxylation sites is 1. The lowest BCUT2D eigenvalue weighted by atomic mass is 10.1. The number of ether oxygens (including phenoxy) is 2. The zero-order valence-corrected chi connectivity index (χ0v) is 18.9. The third kappa shape index (κ3) is 4.53. The van der Waals surface area contributed by atoms with Gasteiger partial charge in [-0.2, -0.15) is 0 Å². The third-order valence-corrected chi connectivity index (χ3v) is 5.93. The summed E-state index contributed by atoms with van der Waals surface area (Å²) in [5.74, 6) is 2.23. The highest BCUT2D eigenvalue weighted by molar-refractivity contribution is 7.99. The van der Waals surface area contributed by atoms with Gasteiger partial charge >= 0.3 is 0 Å². The van der Waals surface area contributed by atoms with Crippen molar-refractivity contribution in [1.29, 1.82) is 0 Å². The molecule has 0 saturated heterocycles. The Labute approximate surface area is 191 Å². The number of ketones is 1. The van der Waals surface area contributed by atoms with Crippen LogP contribution in [-0.2, 0) is 0 Å². The summed E-state index contributed by atoms with van der Waals surface area (Å²) < 4.78 is 12.7. The summed E-state index contributed by atoms with van der Waals surface area (Å²) in [5, 5.41) is 9.49. The SMILES string of the molecule is COc1cccc(C(=O)CSc2nnc(-c3ccccc3OC)n2-c2ccc(C)cc2)c1. The Morgan fingerprint density at radius 2 is 1.72 bits per heavy atom. The van der Waals surface area contributed by atoms with E-state index in [1.807, 2.05) is 72.2 Å². The second-order valence-corrected chi connectivity index (χ2v) is 8.06. The average Bonchev–Trinajstić information content (AvgIpc) is 3.26. The average molecular weight is 446 g/mol. The number of aryl methyl sites for hydroxylation is 1. The fraction of sp³-hybridized carbons (Fsp3) is 0.160. The first-order valence-electron chi connectivity index (χ1n) is 10.1. The van der Waals surface area contributed by atoms with Crippen molar-refractivity contribution in [3.05, 3.63) is 83.9 Å². The number of benzene rings is 3. The Morgan fingerprint density at radius 1 is 0.938 bits per heavy atom. The molecule has 0 radical (unpaired) electrons. The standard InChI is InChI=1S/C25H23N3O3S/c1-17-11-13-19(14-12-17)28-24(21-9-4-5-10-23(21)31-3)26-27-25(28)32-16-22(29)18-7-6-8-20(15-18)30-2/h4-15H,16H2,1-3H3. The van der Waals surface area contributed by atoms with Crippen LogP contribution in [0.15, 0.2) is 78.0 Å². The van der Waals surface area contributed by atoms with Crippen molar-refractivity contribution in [2.24, 2.45) is 0 Å². The Morgan fingerprint density at radius 3 is 2.47 bits per heavy atom. The number of Topliss-reactive ketones (excluding diaryl/α,β-unsaturated/α-hetero) is 1. The van der Waals surface area contributed by atoms with E-state index in [-0.39, 0.29) is 11.5 Å². The van der Waals surface area contributed by atoms with Crippen LogP contribution in [0.4, 0.5) is 0 Å². The molecule has 4 aromatic rings. The summed E-state index contributed by atoms with van der Waals surface area (Å²) in [6, 6.07) is 23.0. The number of thioether (sulfide) groups is 1. The van der Waals surface area contributed by atoms with Crippen LogP contribution >= 0.6 is 11.8 Å². The van der Waals surface area contributed by atoms with Gasteiger partial charge in [-0.25, -0.2) is 0 Å². The largest absolute Gasteiger partial charge is 0.497 e. The van der Waals surface area contributed by atoms with E-state index >= 15 is 0 Å². The number of hydrogen-bond donors (Lipinski definition) is 0. The molecular formula is C25H23N3O3S. The summed E-state index contributed by atoms with van der Waals surface area (Å²) in [6.07, 6.45) is 0. The van der Waals surface area contributed by atoms with E-state index in [4.69, 9.17) is 9.47 Å². The van der Waals surface area contributed by atoms with E-state index in [2.05, 4.69) is 10.2 Å². The van der Waals surface area contributed by atoms with Crippen LogP contribution in [0.1, 0.15) is 15.9 Å². The maximum Gasteiger partial charge on any atom is 0.196 e. The molecule has 0 amide bonds. The maximum atomic E-state index is 12.8. The van der Waals surface area contributed by atoms with Gasteiger partial charge in [0, 0.05) is 11.3 Å². The van der Waals surface area contributed by atoms with Crippen LogP contribution in [0, 0.1) is 6.92 Å². The number of nitrogens with zero attached hydrogens (tertiary/aromatic N) is 3. The molecule has 162 valence electrons. The molecule has 0 spiro atoms. The van der Waals surface area contributed by atoms with Gasteiger partial charge in [0.25, 0.3) is 0 Å². The summed E-state index contributed by atoms with van der Waals surface area (Å²) in [4.78, 5) is 12.8. The Bertz CT molecular complexity index is 1240. The number of rotatable bonds is 8. The van der Waals surface area contributed by atoms with Crippen LogP contribution in [0.5, 0.6) is 11.5 Å². The van der Waals surface area contributed by atoms with Gasteiger partial charge in [0.05, 0.1) is 25.5 Å². The zero-order chi connectivity index (χ0) is 22.5. The molecule has 0 aliphatic rings. The van der Waals surface area contributed by atoms with Crippen LogP contribution in [0.25, 0.3) is 17.1 Å². The smallest absolute Gasteiger partial charge is 0.196 e. The van der Waals surface area contributed by atoms with E-state index < -0.39 is 0 Å². The molecule has 1 aromatic heterocycles. The predicted molar refractivity (Wildman–Crippen MR) is 126 cm³/mol. The lowest BCUT2D eigenvalue weighted by Crippen LogP contribution is -2.05. The lowest BCUT2D eigenvalue weighted by molar-refractivity contribution is 0.102. The molecular weight excluding hydrogens is 422 g/mol. The first-order chi connectivity index (χ1) is 15.6. The topological polar surface area (TPSA) is 66.2 Å². The predicted octanol–water partition coefficient (Wildman–Crippen LogP) is 5.23. The summed E-state index contributed by atoms with van der Waals surface area (Å²) >= 11 is 1.35. The van der Waals surface area contributed by atoms with Crippen molar-refractivity contribution >= 4 is 17.5 Å². The summed E-state index contributed by atoms with van der Waals surface area (Å²) in [5.41, 5.74) is 3.50. The number of carbonyl (C=O) groups is 1. The molecule has 0 aliphatic heterocycles. The van der Waals surface area contributed by atoms with E-state index in [9.17, 15) is 4.79 Å². The molecule has 0 atom stereocenters. The maximum absolute atomic E-state index is 12.8. The van der Waals surface area contributed by atoms with E-state index in [1.165, 1.54) is 11.8 Å². The molecule has 1 heterocycles. The Hall–Kier alpha value is -3.58. The molecule has 0 N–H and O–H groups in total. The van der Waals surface area contributed by atoms with Crippen LogP contribution < -0.4 is 9.47 Å². The molecule has 6 nitrogen and oxygen atoms in total.